The molecule has 2 aliphatic rings. The van der Waals surface area contributed by atoms with Gasteiger partial charge in [-0.05, 0) is 49.8 Å². The Balaban J connectivity index is 1.69. The predicted octanol–water partition coefficient (Wildman–Crippen LogP) is 3.44. The summed E-state index contributed by atoms with van der Waals surface area (Å²) in [5.74, 6) is 0.568. The third-order valence-electron chi connectivity index (χ3n) is 5.96. The highest BCUT2D eigenvalue weighted by molar-refractivity contribution is 7.89. The number of carbonyl (C=O) groups excluding carboxylic acids is 1. The number of hydrogen-bond acceptors (Lipinski definition) is 4. The van der Waals surface area contributed by atoms with E-state index < -0.39 is 10.0 Å². The van der Waals surface area contributed by atoms with Crippen molar-refractivity contribution < 1.29 is 17.9 Å². The number of carbonyl (C=O) groups is 1. The van der Waals surface area contributed by atoms with E-state index in [1.165, 1.54) is 30.0 Å². The summed E-state index contributed by atoms with van der Waals surface area (Å²) < 4.78 is 32.6. The first-order chi connectivity index (χ1) is 13.3. The molecule has 8 heteroatoms. The van der Waals surface area contributed by atoms with E-state index in [-0.39, 0.29) is 34.3 Å². The fourth-order valence-corrected chi connectivity index (χ4v) is 6.04. The molecule has 1 aromatic rings. The number of methoxy groups -OCH3 is 1. The van der Waals surface area contributed by atoms with Gasteiger partial charge in [-0.1, -0.05) is 31.4 Å². The zero-order valence-electron chi connectivity index (χ0n) is 16.5. The Morgan fingerprint density at radius 3 is 2.64 bits per heavy atom. The summed E-state index contributed by atoms with van der Waals surface area (Å²) in [5.41, 5.74) is 0. The lowest BCUT2D eigenvalue weighted by molar-refractivity contribution is -0.127. The van der Waals surface area contributed by atoms with Crippen LogP contribution in [0.15, 0.2) is 23.1 Å². The van der Waals surface area contributed by atoms with Gasteiger partial charge < -0.3 is 10.1 Å². The Bertz CT molecular complexity index is 814. The van der Waals surface area contributed by atoms with Gasteiger partial charge >= 0.3 is 0 Å². The molecule has 0 bridgehead atoms. The molecule has 3 atom stereocenters. The number of ether oxygens (including phenoxy) is 1. The molecule has 6 nitrogen and oxygen atoms in total. The average Bonchev–Trinajstić information content (AvgIpc) is 2.69. The summed E-state index contributed by atoms with van der Waals surface area (Å²) in [5, 5.41) is 3.43. The molecule has 3 rings (SSSR count). The minimum Gasteiger partial charge on any atom is -0.495 e. The first-order valence-corrected chi connectivity index (χ1v) is 11.8. The molecular weight excluding hydrogens is 400 g/mol. The van der Waals surface area contributed by atoms with Crippen LogP contribution in [0.3, 0.4) is 0 Å². The van der Waals surface area contributed by atoms with Gasteiger partial charge in [0.25, 0.3) is 0 Å². The van der Waals surface area contributed by atoms with E-state index in [9.17, 15) is 13.2 Å². The molecule has 28 heavy (non-hydrogen) atoms. The quantitative estimate of drug-likeness (QED) is 0.779. The van der Waals surface area contributed by atoms with E-state index in [1.54, 1.807) is 6.07 Å². The molecule has 1 aliphatic carbocycles. The molecule has 0 aromatic heterocycles. The smallest absolute Gasteiger partial charge is 0.243 e. The fourth-order valence-electron chi connectivity index (χ4n) is 4.16. The van der Waals surface area contributed by atoms with E-state index in [0.717, 1.165) is 19.3 Å². The topological polar surface area (TPSA) is 75.7 Å². The van der Waals surface area contributed by atoms with Crippen LogP contribution in [0, 0.1) is 11.8 Å². The molecule has 1 saturated heterocycles. The van der Waals surface area contributed by atoms with Crippen molar-refractivity contribution in [2.24, 2.45) is 11.8 Å². The van der Waals surface area contributed by atoms with E-state index >= 15 is 0 Å². The Hall–Kier alpha value is -1.31. The van der Waals surface area contributed by atoms with Crippen LogP contribution >= 0.6 is 11.6 Å². The van der Waals surface area contributed by atoms with Gasteiger partial charge in [0, 0.05) is 19.1 Å². The first-order valence-electron chi connectivity index (χ1n) is 9.97. The number of rotatable bonds is 5. The molecule has 156 valence electrons. The lowest BCUT2D eigenvalue weighted by atomic mass is 9.85. The molecular formula is C20H29ClN2O4S. The molecule has 0 radical (unpaired) electrons. The zero-order chi connectivity index (χ0) is 20.3. The molecule has 0 spiro atoms. The number of sulfonamides is 1. The molecule has 0 unspecified atom stereocenters. The fraction of sp³-hybridized carbons (Fsp3) is 0.650. The van der Waals surface area contributed by atoms with Crippen molar-refractivity contribution in [3.63, 3.8) is 0 Å². The van der Waals surface area contributed by atoms with Gasteiger partial charge in [-0.2, -0.15) is 4.31 Å². The highest BCUT2D eigenvalue weighted by Crippen LogP contribution is 2.30. The SMILES string of the molecule is COc1ccc(S(=O)(=O)N2CCC[C@H](C(=O)N[C@@H]3CCCC[C@H]3C)C2)cc1Cl. The van der Waals surface area contributed by atoms with Gasteiger partial charge in [-0.3, -0.25) is 4.79 Å². The zero-order valence-corrected chi connectivity index (χ0v) is 18.1. The van der Waals surface area contributed by atoms with Crippen molar-refractivity contribution in [2.45, 2.75) is 56.4 Å². The Labute approximate surface area is 172 Å². The second-order valence-electron chi connectivity index (χ2n) is 7.88. The van der Waals surface area contributed by atoms with E-state index in [4.69, 9.17) is 16.3 Å². The predicted molar refractivity (Wildman–Crippen MR) is 109 cm³/mol. The van der Waals surface area contributed by atoms with Crippen LogP contribution in [0.4, 0.5) is 0 Å². The number of nitrogens with one attached hydrogen (secondary N) is 1. The number of nitrogens with zero attached hydrogens (tertiary/aromatic N) is 1. The van der Waals surface area contributed by atoms with Crippen LogP contribution in [0.5, 0.6) is 5.75 Å². The minimum atomic E-state index is -3.71. The molecule has 1 aromatic carbocycles. The van der Waals surface area contributed by atoms with Crippen LogP contribution in [0.2, 0.25) is 5.02 Å². The van der Waals surface area contributed by atoms with E-state index in [0.29, 0.717) is 31.1 Å². The average molecular weight is 429 g/mol. The maximum absolute atomic E-state index is 13.0. The third kappa shape index (κ3) is 4.63. The molecule has 2 fully saturated rings. The number of benzene rings is 1. The van der Waals surface area contributed by atoms with Crippen molar-refractivity contribution in [3.8, 4) is 5.75 Å². The van der Waals surface area contributed by atoms with Crippen LogP contribution in [0.1, 0.15) is 45.4 Å². The van der Waals surface area contributed by atoms with E-state index in [2.05, 4.69) is 12.2 Å². The van der Waals surface area contributed by atoms with Gasteiger partial charge in [-0.15, -0.1) is 0 Å². The number of amides is 1. The largest absolute Gasteiger partial charge is 0.495 e. The Morgan fingerprint density at radius 2 is 1.96 bits per heavy atom. The summed E-state index contributed by atoms with van der Waals surface area (Å²) in [6.45, 7) is 2.80. The summed E-state index contributed by atoms with van der Waals surface area (Å²) in [4.78, 5) is 12.9. The summed E-state index contributed by atoms with van der Waals surface area (Å²) in [6.07, 6.45) is 5.87. The second kappa shape index (κ2) is 9.01. The lowest BCUT2D eigenvalue weighted by Gasteiger charge is -2.34. The van der Waals surface area contributed by atoms with Gasteiger partial charge in [0.15, 0.2) is 0 Å². The summed E-state index contributed by atoms with van der Waals surface area (Å²) >= 11 is 6.10. The molecule has 1 N–H and O–H groups in total. The number of piperidine rings is 1. The Morgan fingerprint density at radius 1 is 1.21 bits per heavy atom. The van der Waals surface area contributed by atoms with Gasteiger partial charge in [0.1, 0.15) is 5.75 Å². The molecule has 1 aliphatic heterocycles. The Kier molecular flexibility index (Phi) is 6.89. The normalized spacial score (nSPS) is 26.6. The van der Waals surface area contributed by atoms with Crippen LogP contribution in [-0.4, -0.2) is 44.9 Å². The van der Waals surface area contributed by atoms with Crippen molar-refractivity contribution >= 4 is 27.5 Å². The maximum Gasteiger partial charge on any atom is 0.243 e. The minimum absolute atomic E-state index is 0.0218. The van der Waals surface area contributed by atoms with E-state index in [1.807, 2.05) is 0 Å². The van der Waals surface area contributed by atoms with Crippen LogP contribution in [-0.2, 0) is 14.8 Å². The lowest BCUT2D eigenvalue weighted by Crippen LogP contribution is -2.49. The number of hydrogen-bond donors (Lipinski definition) is 1. The summed E-state index contributed by atoms with van der Waals surface area (Å²) in [7, 11) is -2.22. The molecule has 1 heterocycles. The maximum atomic E-state index is 13.0. The summed E-state index contributed by atoms with van der Waals surface area (Å²) in [6, 6.07) is 4.65. The highest BCUT2D eigenvalue weighted by atomic mass is 35.5. The van der Waals surface area contributed by atoms with Crippen LogP contribution < -0.4 is 10.1 Å². The van der Waals surface area contributed by atoms with Crippen molar-refractivity contribution in [1.82, 2.24) is 9.62 Å². The standard InChI is InChI=1S/C20H29ClN2O4S/c1-14-6-3-4-8-18(14)22-20(24)15-7-5-11-23(13-15)28(25,26)16-9-10-19(27-2)17(21)12-16/h9-10,12,14-15,18H,3-8,11,13H2,1-2H3,(H,22,24)/t14-,15+,18-/m1/s1. The van der Waals surface area contributed by atoms with Gasteiger partial charge in [0.2, 0.25) is 15.9 Å². The van der Waals surface area contributed by atoms with Crippen molar-refractivity contribution in [1.29, 1.82) is 0 Å². The van der Waals surface area contributed by atoms with Crippen molar-refractivity contribution in [2.75, 3.05) is 20.2 Å². The molecule has 1 saturated carbocycles. The van der Waals surface area contributed by atoms with Crippen molar-refractivity contribution in [3.05, 3.63) is 23.2 Å². The monoisotopic (exact) mass is 428 g/mol. The third-order valence-corrected chi connectivity index (χ3v) is 8.11. The second-order valence-corrected chi connectivity index (χ2v) is 10.2. The van der Waals surface area contributed by atoms with Gasteiger partial charge in [-0.25, -0.2) is 8.42 Å². The first kappa shape index (κ1) is 21.4. The van der Waals surface area contributed by atoms with Crippen LogP contribution in [0.25, 0.3) is 0 Å². The highest BCUT2D eigenvalue weighted by Gasteiger charge is 2.35. The van der Waals surface area contributed by atoms with Gasteiger partial charge in [0.05, 0.1) is 22.9 Å². The molecule has 1 amide bonds. The number of halogens is 1.